The topological polar surface area (TPSA) is 47.0 Å². The van der Waals surface area contributed by atoms with Gasteiger partial charge in [0.05, 0.1) is 0 Å². The SMILES string of the molecule is O=S(=O)(Cl)c1cc(C(F)F)c(Br)cn1. The van der Waals surface area contributed by atoms with Crippen molar-refractivity contribution in [2.75, 3.05) is 0 Å². The number of pyridine rings is 1. The first-order valence-corrected chi connectivity index (χ1v) is 6.31. The molecule has 3 nitrogen and oxygen atoms in total. The Morgan fingerprint density at radius 2 is 2.07 bits per heavy atom. The Hall–Kier alpha value is -0.270. The second-order valence-corrected chi connectivity index (χ2v) is 5.65. The quantitative estimate of drug-likeness (QED) is 0.789. The average Bonchev–Trinajstić information content (AvgIpc) is 2.02. The highest BCUT2D eigenvalue weighted by atomic mass is 79.9. The number of hydrogen-bond donors (Lipinski definition) is 0. The van der Waals surface area contributed by atoms with Crippen molar-refractivity contribution in [3.63, 3.8) is 0 Å². The number of alkyl halides is 2. The minimum absolute atomic E-state index is 0.0385. The van der Waals surface area contributed by atoms with Gasteiger partial charge in [0.1, 0.15) is 0 Å². The molecule has 0 aromatic carbocycles. The first-order valence-electron chi connectivity index (χ1n) is 3.20. The third-order valence-corrected chi connectivity index (χ3v) is 3.20. The summed E-state index contributed by atoms with van der Waals surface area (Å²) in [4.78, 5) is 3.39. The summed E-state index contributed by atoms with van der Waals surface area (Å²) in [6, 6.07) is 0.733. The van der Waals surface area contributed by atoms with E-state index in [0.717, 1.165) is 12.3 Å². The highest BCUT2D eigenvalue weighted by Gasteiger charge is 2.18. The predicted octanol–water partition coefficient (Wildman–Crippen LogP) is 2.71. The zero-order valence-electron chi connectivity index (χ0n) is 6.42. The third kappa shape index (κ3) is 2.61. The molecule has 0 aliphatic rings. The van der Waals surface area contributed by atoms with Crippen LogP contribution in [0.4, 0.5) is 8.78 Å². The molecule has 0 aliphatic carbocycles. The van der Waals surface area contributed by atoms with Crippen molar-refractivity contribution in [2.24, 2.45) is 0 Å². The van der Waals surface area contributed by atoms with Crippen molar-refractivity contribution in [1.82, 2.24) is 4.98 Å². The number of hydrogen-bond acceptors (Lipinski definition) is 3. The van der Waals surface area contributed by atoms with Crippen molar-refractivity contribution in [3.8, 4) is 0 Å². The fraction of sp³-hybridized carbons (Fsp3) is 0.167. The summed E-state index contributed by atoms with van der Waals surface area (Å²) in [5.74, 6) is 0. The zero-order chi connectivity index (χ0) is 10.9. The van der Waals surface area contributed by atoms with E-state index in [-0.39, 0.29) is 4.47 Å². The summed E-state index contributed by atoms with van der Waals surface area (Å²) < 4.78 is 46.2. The van der Waals surface area contributed by atoms with Gasteiger partial charge in [0.25, 0.3) is 15.5 Å². The molecule has 0 spiro atoms. The molecule has 8 heteroatoms. The maximum absolute atomic E-state index is 12.3. The van der Waals surface area contributed by atoms with Gasteiger partial charge in [-0.2, -0.15) is 0 Å². The Bertz CT molecular complexity index is 451. The van der Waals surface area contributed by atoms with Crippen LogP contribution in [-0.2, 0) is 9.05 Å². The fourth-order valence-corrected chi connectivity index (χ4v) is 1.82. The van der Waals surface area contributed by atoms with Gasteiger partial charge < -0.3 is 0 Å². The van der Waals surface area contributed by atoms with Crippen molar-refractivity contribution in [3.05, 3.63) is 22.3 Å². The lowest BCUT2D eigenvalue weighted by Crippen LogP contribution is -1.98. The Balaban J connectivity index is 3.34. The molecule has 0 saturated heterocycles. The van der Waals surface area contributed by atoms with Crippen LogP contribution in [-0.4, -0.2) is 13.4 Å². The molecule has 0 bridgehead atoms. The van der Waals surface area contributed by atoms with Crippen LogP contribution in [0.2, 0.25) is 0 Å². The molecule has 1 rings (SSSR count). The lowest BCUT2D eigenvalue weighted by Gasteiger charge is -2.03. The molecule has 1 aromatic rings. The summed E-state index contributed by atoms with van der Waals surface area (Å²) in [6.07, 6.45) is -1.82. The maximum Gasteiger partial charge on any atom is 0.278 e. The van der Waals surface area contributed by atoms with Crippen molar-refractivity contribution in [2.45, 2.75) is 11.5 Å². The Kier molecular flexibility index (Phi) is 3.44. The number of nitrogens with zero attached hydrogens (tertiary/aromatic N) is 1. The first kappa shape index (κ1) is 11.8. The van der Waals surface area contributed by atoms with E-state index in [9.17, 15) is 17.2 Å². The summed E-state index contributed by atoms with van der Waals surface area (Å²) >= 11 is 2.82. The van der Waals surface area contributed by atoms with Gasteiger partial charge in [-0.25, -0.2) is 22.2 Å². The summed E-state index contributed by atoms with van der Waals surface area (Å²) in [7, 11) is 0.868. The maximum atomic E-state index is 12.3. The van der Waals surface area contributed by atoms with Crippen LogP contribution in [0.25, 0.3) is 0 Å². The second-order valence-electron chi connectivity index (χ2n) is 2.28. The summed E-state index contributed by atoms with van der Waals surface area (Å²) in [5.41, 5.74) is -0.459. The van der Waals surface area contributed by atoms with E-state index in [1.54, 1.807) is 0 Å². The van der Waals surface area contributed by atoms with E-state index < -0.39 is 26.1 Å². The molecule has 0 N–H and O–H groups in total. The molecule has 0 amide bonds. The van der Waals surface area contributed by atoms with Crippen molar-refractivity contribution in [1.29, 1.82) is 0 Å². The van der Waals surface area contributed by atoms with Crippen LogP contribution in [0.15, 0.2) is 21.8 Å². The molecule has 78 valence electrons. The second kappa shape index (κ2) is 4.08. The smallest absolute Gasteiger partial charge is 0.242 e. The zero-order valence-corrected chi connectivity index (χ0v) is 9.57. The lowest BCUT2D eigenvalue weighted by molar-refractivity contribution is 0.150. The van der Waals surface area contributed by atoms with Crippen LogP contribution in [0.1, 0.15) is 12.0 Å². The van der Waals surface area contributed by atoms with Gasteiger partial charge in [-0.3, -0.25) is 0 Å². The molecule has 1 aromatic heterocycles. The van der Waals surface area contributed by atoms with E-state index in [1.165, 1.54) is 0 Å². The van der Waals surface area contributed by atoms with E-state index in [4.69, 9.17) is 10.7 Å². The normalized spacial score (nSPS) is 12.1. The van der Waals surface area contributed by atoms with Gasteiger partial charge in [-0.05, 0) is 22.0 Å². The van der Waals surface area contributed by atoms with Crippen molar-refractivity contribution < 1.29 is 17.2 Å². The minimum atomic E-state index is -4.07. The molecule has 0 saturated carbocycles. The molecule has 1 heterocycles. The number of halogens is 4. The number of rotatable bonds is 2. The summed E-state index contributed by atoms with van der Waals surface area (Å²) in [6.45, 7) is 0. The molecule has 0 aliphatic heterocycles. The Morgan fingerprint density at radius 1 is 1.50 bits per heavy atom. The molecule has 0 fully saturated rings. The molecular formula is C6H3BrClF2NO2S. The van der Waals surface area contributed by atoms with Gasteiger partial charge in [-0.15, -0.1) is 0 Å². The van der Waals surface area contributed by atoms with Gasteiger partial charge in [0.15, 0.2) is 5.03 Å². The van der Waals surface area contributed by atoms with Gasteiger partial charge in [0.2, 0.25) is 0 Å². The molecule has 0 atom stereocenters. The van der Waals surface area contributed by atoms with Gasteiger partial charge >= 0.3 is 0 Å². The highest BCUT2D eigenvalue weighted by Crippen LogP contribution is 2.28. The van der Waals surface area contributed by atoms with E-state index in [2.05, 4.69) is 20.9 Å². The molecular weight excluding hydrogens is 303 g/mol. The van der Waals surface area contributed by atoms with Crippen LogP contribution >= 0.6 is 26.6 Å². The first-order chi connectivity index (χ1) is 6.32. The van der Waals surface area contributed by atoms with E-state index >= 15 is 0 Å². The molecule has 14 heavy (non-hydrogen) atoms. The predicted molar refractivity (Wildman–Crippen MR) is 49.9 cm³/mol. The van der Waals surface area contributed by atoms with E-state index in [1.807, 2.05) is 0 Å². The van der Waals surface area contributed by atoms with Crippen LogP contribution in [0.5, 0.6) is 0 Å². The lowest BCUT2D eigenvalue weighted by atomic mass is 10.3. The van der Waals surface area contributed by atoms with Crippen molar-refractivity contribution >= 4 is 35.7 Å². The molecule has 0 radical (unpaired) electrons. The van der Waals surface area contributed by atoms with Crippen LogP contribution in [0.3, 0.4) is 0 Å². The number of aromatic nitrogens is 1. The van der Waals surface area contributed by atoms with Crippen LogP contribution in [0, 0.1) is 0 Å². The fourth-order valence-electron chi connectivity index (χ4n) is 0.735. The third-order valence-electron chi connectivity index (χ3n) is 1.34. The van der Waals surface area contributed by atoms with E-state index in [0.29, 0.717) is 0 Å². The van der Waals surface area contributed by atoms with Crippen LogP contribution < -0.4 is 0 Å². The minimum Gasteiger partial charge on any atom is -0.242 e. The Labute approximate surface area is 91.6 Å². The molecule has 0 unspecified atom stereocenters. The highest BCUT2D eigenvalue weighted by molar-refractivity contribution is 9.10. The largest absolute Gasteiger partial charge is 0.278 e. The standard InChI is InChI=1S/C6H3BrClF2NO2S/c7-4-2-11-5(14(8,12)13)1-3(4)6(9)10/h1-2,6H. The average molecular weight is 307 g/mol. The Morgan fingerprint density at radius 3 is 2.50 bits per heavy atom. The van der Waals surface area contributed by atoms with Gasteiger partial charge in [-0.1, -0.05) is 0 Å². The monoisotopic (exact) mass is 305 g/mol. The van der Waals surface area contributed by atoms with Gasteiger partial charge in [0, 0.05) is 26.9 Å². The summed E-state index contributed by atoms with van der Waals surface area (Å²) in [5, 5.41) is -0.585.